The third kappa shape index (κ3) is 7.96. The van der Waals surface area contributed by atoms with Crippen molar-refractivity contribution in [2.75, 3.05) is 46.8 Å². The highest BCUT2D eigenvalue weighted by Gasteiger charge is 2.02. The van der Waals surface area contributed by atoms with E-state index in [2.05, 4.69) is 4.98 Å². The Balaban J connectivity index is 2.15. The van der Waals surface area contributed by atoms with Crippen LogP contribution in [-0.2, 0) is 27.2 Å². The third-order valence-electron chi connectivity index (χ3n) is 2.74. The van der Waals surface area contributed by atoms with Gasteiger partial charge >= 0.3 is 0 Å². The zero-order chi connectivity index (χ0) is 15.3. The molecule has 0 spiro atoms. The van der Waals surface area contributed by atoms with Crippen LogP contribution in [0.4, 0.5) is 0 Å². The fraction of sp³-hybridized carbons (Fsp3) is 0.667. The molecule has 1 heterocycles. The Hall–Kier alpha value is -1.21. The molecule has 0 unspecified atom stereocenters. The molecule has 6 nitrogen and oxygen atoms in total. The molecule has 0 aliphatic carbocycles. The number of aryl methyl sites for hydroxylation is 1. The van der Waals surface area contributed by atoms with Crippen molar-refractivity contribution in [3.05, 3.63) is 23.4 Å². The highest BCUT2D eigenvalue weighted by molar-refractivity contribution is 5.24. The number of nitrogens with zero attached hydrogens (tertiary/aromatic N) is 1. The molecule has 0 amide bonds. The van der Waals surface area contributed by atoms with E-state index in [1.165, 1.54) is 0 Å². The van der Waals surface area contributed by atoms with Crippen LogP contribution < -0.4 is 4.74 Å². The van der Waals surface area contributed by atoms with Crippen molar-refractivity contribution in [2.45, 2.75) is 20.0 Å². The van der Waals surface area contributed by atoms with Crippen LogP contribution in [0.3, 0.4) is 0 Å². The van der Waals surface area contributed by atoms with Gasteiger partial charge in [-0.3, -0.25) is 0 Å². The molecule has 1 rings (SSSR count). The van der Waals surface area contributed by atoms with E-state index in [1.54, 1.807) is 13.2 Å². The molecule has 6 heteroatoms. The predicted molar refractivity (Wildman–Crippen MR) is 78.5 cm³/mol. The van der Waals surface area contributed by atoms with Gasteiger partial charge in [0, 0.05) is 18.9 Å². The summed E-state index contributed by atoms with van der Waals surface area (Å²) in [5.41, 5.74) is 1.72. The summed E-state index contributed by atoms with van der Waals surface area (Å²) in [6, 6.07) is 3.62. The Morgan fingerprint density at radius 1 is 1.00 bits per heavy atom. The molecule has 0 saturated carbocycles. The average molecular weight is 299 g/mol. The zero-order valence-electron chi connectivity index (χ0n) is 12.8. The van der Waals surface area contributed by atoms with Gasteiger partial charge in [0.15, 0.2) is 0 Å². The Morgan fingerprint density at radius 2 is 1.67 bits per heavy atom. The Bertz CT molecular complexity index is 364. The number of ether oxygens (including phenoxy) is 4. The van der Waals surface area contributed by atoms with E-state index in [-0.39, 0.29) is 6.61 Å². The molecule has 0 aliphatic heterocycles. The van der Waals surface area contributed by atoms with Crippen molar-refractivity contribution in [3.8, 4) is 5.88 Å². The molecule has 0 aliphatic rings. The minimum absolute atomic E-state index is 0.0127. The highest BCUT2D eigenvalue weighted by atomic mass is 16.6. The zero-order valence-corrected chi connectivity index (χ0v) is 12.8. The summed E-state index contributed by atoms with van der Waals surface area (Å²) in [5, 5.41) is 9.18. The summed E-state index contributed by atoms with van der Waals surface area (Å²) < 4.78 is 21.0. The molecule has 0 bridgehead atoms. The summed E-state index contributed by atoms with van der Waals surface area (Å²) >= 11 is 0. The SMILES string of the molecule is CCc1cc(CO)cc(OCCOCCOCCOC)n1. The summed E-state index contributed by atoms with van der Waals surface area (Å²) in [7, 11) is 1.64. The van der Waals surface area contributed by atoms with Crippen molar-refractivity contribution in [1.29, 1.82) is 0 Å². The number of aliphatic hydroxyl groups is 1. The Kier molecular flexibility index (Phi) is 9.73. The van der Waals surface area contributed by atoms with Gasteiger partial charge in [0.05, 0.1) is 39.6 Å². The minimum Gasteiger partial charge on any atom is -0.475 e. The summed E-state index contributed by atoms with van der Waals surface area (Å²) in [6.07, 6.45) is 0.805. The molecule has 1 N–H and O–H groups in total. The normalized spacial score (nSPS) is 10.8. The van der Waals surface area contributed by atoms with Gasteiger partial charge < -0.3 is 24.1 Å². The van der Waals surface area contributed by atoms with Gasteiger partial charge in [-0.2, -0.15) is 0 Å². The van der Waals surface area contributed by atoms with Gasteiger partial charge in [-0.05, 0) is 18.1 Å². The number of aromatic nitrogens is 1. The van der Waals surface area contributed by atoms with Gasteiger partial charge in [0.1, 0.15) is 6.61 Å². The smallest absolute Gasteiger partial charge is 0.213 e. The molecule has 0 radical (unpaired) electrons. The van der Waals surface area contributed by atoms with Gasteiger partial charge in [0.25, 0.3) is 0 Å². The van der Waals surface area contributed by atoms with Gasteiger partial charge in [0.2, 0.25) is 5.88 Å². The van der Waals surface area contributed by atoms with Gasteiger partial charge in [-0.1, -0.05) is 6.92 Å². The molecule has 21 heavy (non-hydrogen) atoms. The van der Waals surface area contributed by atoms with Crippen LogP contribution in [0.15, 0.2) is 12.1 Å². The predicted octanol–water partition coefficient (Wildman–Crippen LogP) is 1.19. The van der Waals surface area contributed by atoms with E-state index in [4.69, 9.17) is 18.9 Å². The van der Waals surface area contributed by atoms with Crippen molar-refractivity contribution in [1.82, 2.24) is 4.98 Å². The highest BCUT2D eigenvalue weighted by Crippen LogP contribution is 2.13. The van der Waals surface area contributed by atoms with Crippen LogP contribution in [0.2, 0.25) is 0 Å². The first kappa shape index (κ1) is 17.8. The van der Waals surface area contributed by atoms with E-state index >= 15 is 0 Å². The standard InChI is InChI=1S/C15H25NO5/c1-3-14-10-13(12-17)11-15(16-14)21-9-8-20-7-6-19-5-4-18-2/h10-11,17H,3-9,12H2,1-2H3. The molecular formula is C15H25NO5. The quantitative estimate of drug-likeness (QED) is 0.585. The van der Waals surface area contributed by atoms with Crippen molar-refractivity contribution in [3.63, 3.8) is 0 Å². The molecule has 120 valence electrons. The molecule has 0 fully saturated rings. The number of aliphatic hydroxyl groups excluding tert-OH is 1. The molecule has 0 aromatic carbocycles. The lowest BCUT2D eigenvalue weighted by atomic mass is 10.2. The molecule has 0 atom stereocenters. The fourth-order valence-electron chi connectivity index (χ4n) is 1.64. The first-order valence-corrected chi connectivity index (χ1v) is 7.18. The second-order valence-corrected chi connectivity index (χ2v) is 4.38. The van der Waals surface area contributed by atoms with E-state index in [0.29, 0.717) is 45.5 Å². The number of rotatable bonds is 12. The Labute approximate surface area is 126 Å². The second kappa shape index (κ2) is 11.4. The van der Waals surface area contributed by atoms with Crippen molar-refractivity contribution in [2.24, 2.45) is 0 Å². The van der Waals surface area contributed by atoms with Crippen LogP contribution >= 0.6 is 0 Å². The monoisotopic (exact) mass is 299 g/mol. The average Bonchev–Trinajstić information content (AvgIpc) is 2.52. The second-order valence-electron chi connectivity index (χ2n) is 4.38. The molecular weight excluding hydrogens is 274 g/mol. The first-order chi connectivity index (χ1) is 10.3. The lowest BCUT2D eigenvalue weighted by Gasteiger charge is -2.09. The van der Waals surface area contributed by atoms with E-state index in [9.17, 15) is 5.11 Å². The first-order valence-electron chi connectivity index (χ1n) is 7.18. The number of hydrogen-bond donors (Lipinski definition) is 1. The van der Waals surface area contributed by atoms with E-state index in [1.807, 2.05) is 13.0 Å². The van der Waals surface area contributed by atoms with E-state index < -0.39 is 0 Å². The van der Waals surface area contributed by atoms with Crippen LogP contribution in [0.5, 0.6) is 5.88 Å². The van der Waals surface area contributed by atoms with E-state index in [0.717, 1.165) is 17.7 Å². The van der Waals surface area contributed by atoms with Crippen LogP contribution in [0.1, 0.15) is 18.2 Å². The van der Waals surface area contributed by atoms with Crippen molar-refractivity contribution < 1.29 is 24.1 Å². The maximum atomic E-state index is 9.18. The summed E-state index contributed by atoms with van der Waals surface area (Å²) in [5.74, 6) is 0.526. The maximum absolute atomic E-state index is 9.18. The van der Waals surface area contributed by atoms with Crippen LogP contribution in [0, 0.1) is 0 Å². The number of hydrogen-bond acceptors (Lipinski definition) is 6. The maximum Gasteiger partial charge on any atom is 0.213 e. The summed E-state index contributed by atoms with van der Waals surface area (Å²) in [4.78, 5) is 4.34. The largest absolute Gasteiger partial charge is 0.475 e. The number of methoxy groups -OCH3 is 1. The minimum atomic E-state index is -0.0127. The van der Waals surface area contributed by atoms with Crippen LogP contribution in [0.25, 0.3) is 0 Å². The van der Waals surface area contributed by atoms with Gasteiger partial charge in [-0.15, -0.1) is 0 Å². The lowest BCUT2D eigenvalue weighted by Crippen LogP contribution is -2.13. The molecule has 0 saturated heterocycles. The topological polar surface area (TPSA) is 70.0 Å². The third-order valence-corrected chi connectivity index (χ3v) is 2.74. The molecule has 1 aromatic heterocycles. The summed E-state index contributed by atoms with van der Waals surface area (Å²) in [6.45, 7) is 5.13. The number of pyridine rings is 1. The van der Waals surface area contributed by atoms with Gasteiger partial charge in [-0.25, -0.2) is 4.98 Å². The van der Waals surface area contributed by atoms with Crippen molar-refractivity contribution >= 4 is 0 Å². The lowest BCUT2D eigenvalue weighted by molar-refractivity contribution is 0.0176. The van der Waals surface area contributed by atoms with Crippen LogP contribution in [-0.4, -0.2) is 56.8 Å². The fourth-order valence-corrected chi connectivity index (χ4v) is 1.64. The Morgan fingerprint density at radius 3 is 2.29 bits per heavy atom. The molecule has 1 aromatic rings.